The lowest BCUT2D eigenvalue weighted by Crippen LogP contribution is -1.96. The average Bonchev–Trinajstić information content (AvgIpc) is 2.82. The summed E-state index contributed by atoms with van der Waals surface area (Å²) in [6, 6.07) is 4.91. The Kier molecular flexibility index (Phi) is 3.11. The number of ketones is 1. The number of rotatable bonds is 1. The van der Waals surface area contributed by atoms with Crippen LogP contribution < -0.4 is 0 Å². The smallest absolute Gasteiger partial charge is 0.239 e. The number of aromatic hydroxyl groups is 1. The molecule has 17 heavy (non-hydrogen) atoms. The first-order chi connectivity index (χ1) is 8.16. The minimum Gasteiger partial charge on any atom is -0.507 e. The fourth-order valence-corrected chi connectivity index (χ4v) is 1.58. The zero-order valence-corrected chi connectivity index (χ0v) is 9.53. The summed E-state index contributed by atoms with van der Waals surface area (Å²) in [7, 11) is 0. The minimum atomic E-state index is -0.348. The molecule has 0 bridgehead atoms. The SMILES string of the molecule is Cc1ccc(O)c(C(=O)C#CC2=CC=CC2)c1. The molecular weight excluding hydrogens is 212 g/mol. The number of aryl methyl sites for hydroxylation is 1. The highest BCUT2D eigenvalue weighted by Gasteiger charge is 2.08. The first-order valence-corrected chi connectivity index (χ1v) is 5.38. The van der Waals surface area contributed by atoms with Gasteiger partial charge in [0, 0.05) is 5.57 Å². The predicted molar refractivity (Wildman–Crippen MR) is 66.8 cm³/mol. The number of carbonyl (C=O) groups excluding carboxylic acids is 1. The molecule has 0 radical (unpaired) electrons. The zero-order valence-electron chi connectivity index (χ0n) is 9.53. The molecule has 0 aromatic heterocycles. The van der Waals surface area contributed by atoms with Crippen molar-refractivity contribution in [2.45, 2.75) is 13.3 Å². The fourth-order valence-electron chi connectivity index (χ4n) is 1.58. The quantitative estimate of drug-likeness (QED) is 0.452. The topological polar surface area (TPSA) is 37.3 Å². The predicted octanol–water partition coefficient (Wildman–Crippen LogP) is 2.77. The Morgan fingerprint density at radius 1 is 1.41 bits per heavy atom. The van der Waals surface area contributed by atoms with Crippen LogP contribution in [0.25, 0.3) is 0 Å². The van der Waals surface area contributed by atoms with E-state index in [-0.39, 0.29) is 17.1 Å². The maximum Gasteiger partial charge on any atom is 0.239 e. The van der Waals surface area contributed by atoms with Gasteiger partial charge in [-0.05, 0) is 31.4 Å². The van der Waals surface area contributed by atoms with Crippen molar-refractivity contribution in [2.24, 2.45) is 0 Å². The van der Waals surface area contributed by atoms with E-state index in [1.165, 1.54) is 6.07 Å². The molecule has 0 unspecified atom stereocenters. The van der Waals surface area contributed by atoms with Crippen LogP contribution in [0.4, 0.5) is 0 Å². The molecule has 0 saturated carbocycles. The molecule has 1 aromatic carbocycles. The molecule has 0 aliphatic heterocycles. The number of carbonyl (C=O) groups is 1. The largest absolute Gasteiger partial charge is 0.507 e. The first-order valence-electron chi connectivity index (χ1n) is 5.38. The lowest BCUT2D eigenvalue weighted by Gasteiger charge is -2.00. The van der Waals surface area contributed by atoms with Gasteiger partial charge in [0.25, 0.3) is 0 Å². The average molecular weight is 224 g/mol. The molecule has 0 saturated heterocycles. The Balaban J connectivity index is 2.22. The summed E-state index contributed by atoms with van der Waals surface area (Å²) in [6.45, 7) is 1.87. The van der Waals surface area contributed by atoms with Gasteiger partial charge in [-0.3, -0.25) is 4.79 Å². The van der Waals surface area contributed by atoms with Gasteiger partial charge in [-0.25, -0.2) is 0 Å². The van der Waals surface area contributed by atoms with E-state index in [2.05, 4.69) is 11.8 Å². The molecule has 0 heterocycles. The van der Waals surface area contributed by atoms with Crippen LogP contribution in [0.15, 0.2) is 42.0 Å². The van der Waals surface area contributed by atoms with E-state index in [1.54, 1.807) is 12.1 Å². The molecule has 0 amide bonds. The Labute approximate surface area is 100 Å². The molecule has 84 valence electrons. The third kappa shape index (κ3) is 2.64. The molecule has 0 atom stereocenters. The summed E-state index contributed by atoms with van der Waals surface area (Å²) in [4.78, 5) is 11.8. The van der Waals surface area contributed by atoms with Gasteiger partial charge in [-0.2, -0.15) is 0 Å². The van der Waals surface area contributed by atoms with Gasteiger partial charge in [0.2, 0.25) is 5.78 Å². The van der Waals surface area contributed by atoms with Crippen LogP contribution in [0, 0.1) is 18.8 Å². The molecule has 0 spiro atoms. The molecule has 2 rings (SSSR count). The highest BCUT2D eigenvalue weighted by Crippen LogP contribution is 2.18. The van der Waals surface area contributed by atoms with E-state index in [0.717, 1.165) is 17.6 Å². The van der Waals surface area contributed by atoms with E-state index in [4.69, 9.17) is 0 Å². The number of Topliss-reactive ketones (excluding diaryl/α,β-unsaturated/α-hetero) is 1. The van der Waals surface area contributed by atoms with Crippen LogP contribution >= 0.6 is 0 Å². The van der Waals surface area contributed by atoms with E-state index in [0.29, 0.717) is 0 Å². The Hall–Kier alpha value is -2.27. The summed E-state index contributed by atoms with van der Waals surface area (Å²) in [6.07, 6.45) is 6.56. The van der Waals surface area contributed by atoms with Crippen LogP contribution in [0.3, 0.4) is 0 Å². The first kappa shape index (κ1) is 11.2. The van der Waals surface area contributed by atoms with Crippen LogP contribution in [-0.2, 0) is 0 Å². The number of hydrogen-bond acceptors (Lipinski definition) is 2. The standard InChI is InChI=1S/C15H12O2/c1-11-6-8-14(16)13(10-11)15(17)9-7-12-4-2-3-5-12/h2-4,6,8,10,16H,5H2,1H3. The maximum atomic E-state index is 11.8. The van der Waals surface area contributed by atoms with Gasteiger partial charge in [-0.15, -0.1) is 0 Å². The summed E-state index contributed by atoms with van der Waals surface area (Å²) >= 11 is 0. The Morgan fingerprint density at radius 3 is 2.94 bits per heavy atom. The van der Waals surface area contributed by atoms with E-state index in [9.17, 15) is 9.90 Å². The second-order valence-electron chi connectivity index (χ2n) is 3.92. The van der Waals surface area contributed by atoms with Gasteiger partial charge >= 0.3 is 0 Å². The molecular formula is C15H12O2. The van der Waals surface area contributed by atoms with Gasteiger partial charge in [0.05, 0.1) is 5.56 Å². The van der Waals surface area contributed by atoms with Crippen molar-refractivity contribution >= 4 is 5.78 Å². The van der Waals surface area contributed by atoms with E-state index in [1.807, 2.05) is 25.2 Å². The third-order valence-corrected chi connectivity index (χ3v) is 2.50. The molecule has 1 aliphatic carbocycles. The molecule has 1 aromatic rings. The summed E-state index contributed by atoms with van der Waals surface area (Å²) < 4.78 is 0. The molecule has 1 aliphatic rings. The summed E-state index contributed by atoms with van der Waals surface area (Å²) in [5.41, 5.74) is 2.12. The second kappa shape index (κ2) is 4.71. The zero-order chi connectivity index (χ0) is 12.3. The highest BCUT2D eigenvalue weighted by molar-refractivity contribution is 6.11. The van der Waals surface area contributed by atoms with Crippen molar-refractivity contribution < 1.29 is 9.90 Å². The van der Waals surface area contributed by atoms with Gasteiger partial charge in [0.1, 0.15) is 5.75 Å². The minimum absolute atomic E-state index is 0.0200. The lowest BCUT2D eigenvalue weighted by atomic mass is 10.1. The normalized spacial score (nSPS) is 12.9. The van der Waals surface area contributed by atoms with Crippen LogP contribution in [0.2, 0.25) is 0 Å². The second-order valence-corrected chi connectivity index (χ2v) is 3.92. The van der Waals surface area contributed by atoms with Crippen molar-refractivity contribution in [3.8, 4) is 17.6 Å². The Morgan fingerprint density at radius 2 is 2.24 bits per heavy atom. The maximum absolute atomic E-state index is 11.8. The summed E-state index contributed by atoms with van der Waals surface area (Å²) in [5.74, 6) is 5.00. The highest BCUT2D eigenvalue weighted by atomic mass is 16.3. The fraction of sp³-hybridized carbons (Fsp3) is 0.133. The van der Waals surface area contributed by atoms with E-state index < -0.39 is 0 Å². The Bertz CT molecular complexity index is 581. The lowest BCUT2D eigenvalue weighted by molar-refractivity contribution is 0.105. The number of phenolic OH excluding ortho intramolecular Hbond substituents is 1. The number of allylic oxidation sites excluding steroid dienone is 4. The van der Waals surface area contributed by atoms with Crippen LogP contribution in [0.1, 0.15) is 22.3 Å². The van der Waals surface area contributed by atoms with Crippen molar-refractivity contribution in [2.75, 3.05) is 0 Å². The molecule has 2 heteroatoms. The molecule has 1 N–H and O–H groups in total. The van der Waals surface area contributed by atoms with E-state index >= 15 is 0 Å². The van der Waals surface area contributed by atoms with Crippen molar-refractivity contribution in [3.63, 3.8) is 0 Å². The monoisotopic (exact) mass is 224 g/mol. The van der Waals surface area contributed by atoms with Crippen molar-refractivity contribution in [1.82, 2.24) is 0 Å². The van der Waals surface area contributed by atoms with Gasteiger partial charge in [0.15, 0.2) is 0 Å². The molecule has 2 nitrogen and oxygen atoms in total. The summed E-state index contributed by atoms with van der Waals surface area (Å²) in [5, 5.41) is 9.58. The molecule has 0 fully saturated rings. The number of benzene rings is 1. The van der Waals surface area contributed by atoms with Gasteiger partial charge < -0.3 is 5.11 Å². The number of phenols is 1. The van der Waals surface area contributed by atoms with Crippen molar-refractivity contribution in [1.29, 1.82) is 0 Å². The number of hydrogen-bond donors (Lipinski definition) is 1. The van der Waals surface area contributed by atoms with Crippen LogP contribution in [0.5, 0.6) is 5.75 Å². The van der Waals surface area contributed by atoms with Crippen LogP contribution in [-0.4, -0.2) is 10.9 Å². The van der Waals surface area contributed by atoms with Crippen molar-refractivity contribution in [3.05, 3.63) is 53.1 Å². The van der Waals surface area contributed by atoms with Gasteiger partial charge in [-0.1, -0.05) is 35.8 Å². The third-order valence-electron chi connectivity index (χ3n) is 2.50.